The topological polar surface area (TPSA) is 75.6 Å². The maximum Gasteiger partial charge on any atom is 0.310 e. The third-order valence-corrected chi connectivity index (χ3v) is 3.73. The molecule has 0 aliphatic carbocycles. The van der Waals surface area contributed by atoms with E-state index in [0.29, 0.717) is 30.9 Å². The zero-order valence-corrected chi connectivity index (χ0v) is 14.5. The molecule has 1 heterocycles. The molecular weight excluding hydrogens is 314 g/mol. The van der Waals surface area contributed by atoms with Gasteiger partial charge in [-0.05, 0) is 31.0 Å². The van der Waals surface area contributed by atoms with Gasteiger partial charge in [0.15, 0.2) is 11.5 Å². The molecule has 2 rings (SSSR count). The minimum Gasteiger partial charge on any atom is -0.493 e. The second-order valence-corrected chi connectivity index (χ2v) is 5.18. The van der Waals surface area contributed by atoms with Crippen LogP contribution in [0.25, 0.3) is 0 Å². The molecule has 0 fully saturated rings. The van der Waals surface area contributed by atoms with Crippen LogP contribution in [0.4, 0.5) is 0 Å². The lowest BCUT2D eigenvalue weighted by molar-refractivity contribution is -0.147. The molecule has 0 N–H and O–H groups in total. The largest absolute Gasteiger partial charge is 0.493 e. The van der Waals surface area contributed by atoms with Gasteiger partial charge >= 0.3 is 5.97 Å². The van der Waals surface area contributed by atoms with E-state index in [2.05, 4.69) is 5.16 Å². The molecule has 7 nitrogen and oxygen atoms in total. The molecule has 1 aliphatic heterocycles. The number of carbonyl (C=O) groups is 1. The summed E-state index contributed by atoms with van der Waals surface area (Å²) in [5, 5.41) is 4.17. The third kappa shape index (κ3) is 4.17. The molecule has 24 heavy (non-hydrogen) atoms. The number of rotatable bonds is 7. The van der Waals surface area contributed by atoms with Gasteiger partial charge in [-0.2, -0.15) is 0 Å². The maximum atomic E-state index is 11.7. The lowest BCUT2D eigenvalue weighted by atomic mass is 9.96. The summed E-state index contributed by atoms with van der Waals surface area (Å²) in [4.78, 5) is 17.1. The molecular formula is C17H23NO6. The highest BCUT2D eigenvalue weighted by Crippen LogP contribution is 2.33. The van der Waals surface area contributed by atoms with Crippen LogP contribution in [0, 0.1) is 0 Å². The maximum absolute atomic E-state index is 11.7. The lowest BCUT2D eigenvalue weighted by Gasteiger charge is -2.22. The van der Waals surface area contributed by atoms with Gasteiger partial charge in [0.05, 0.1) is 33.5 Å². The second kappa shape index (κ2) is 8.54. The van der Waals surface area contributed by atoms with Gasteiger partial charge < -0.3 is 23.8 Å². The van der Waals surface area contributed by atoms with Crippen LogP contribution in [0.2, 0.25) is 0 Å². The van der Waals surface area contributed by atoms with E-state index in [0.717, 1.165) is 16.8 Å². The minimum absolute atomic E-state index is 0.111. The van der Waals surface area contributed by atoms with E-state index in [-0.39, 0.29) is 18.7 Å². The van der Waals surface area contributed by atoms with E-state index < -0.39 is 0 Å². The van der Waals surface area contributed by atoms with Gasteiger partial charge in [-0.1, -0.05) is 5.16 Å². The van der Waals surface area contributed by atoms with Gasteiger partial charge in [-0.25, -0.2) is 0 Å². The van der Waals surface area contributed by atoms with Gasteiger partial charge in [0, 0.05) is 18.6 Å². The van der Waals surface area contributed by atoms with E-state index in [1.807, 2.05) is 6.92 Å². The molecule has 1 aromatic carbocycles. The van der Waals surface area contributed by atoms with Crippen LogP contribution in [0.15, 0.2) is 17.3 Å². The van der Waals surface area contributed by atoms with Crippen molar-refractivity contribution in [2.24, 2.45) is 5.16 Å². The van der Waals surface area contributed by atoms with Crippen molar-refractivity contribution < 1.29 is 28.6 Å². The SMILES string of the molecule is CCOC1CCC(c2cc(OC)c(OC)cc2CC(=O)OC)=NO1. The Kier molecular flexibility index (Phi) is 6.43. The van der Waals surface area contributed by atoms with Gasteiger partial charge in [0.1, 0.15) is 0 Å². The molecule has 0 bridgehead atoms. The van der Waals surface area contributed by atoms with Crippen molar-refractivity contribution in [3.05, 3.63) is 23.3 Å². The fourth-order valence-corrected chi connectivity index (χ4v) is 2.52. The van der Waals surface area contributed by atoms with Crippen molar-refractivity contribution >= 4 is 11.7 Å². The number of oxime groups is 1. The molecule has 1 unspecified atom stereocenters. The Hall–Kier alpha value is -2.28. The summed E-state index contributed by atoms with van der Waals surface area (Å²) in [6.45, 7) is 2.48. The summed E-state index contributed by atoms with van der Waals surface area (Å²) in [5.74, 6) is 0.772. The standard InChI is InChI=1S/C17H23NO6/c1-5-23-17-7-6-13(18-24-17)12-10-15(21-3)14(20-2)8-11(12)9-16(19)22-4/h8,10,17H,5-7,9H2,1-4H3. The Morgan fingerprint density at radius 3 is 2.50 bits per heavy atom. The number of methoxy groups -OCH3 is 3. The fourth-order valence-electron chi connectivity index (χ4n) is 2.52. The molecule has 0 aromatic heterocycles. The van der Waals surface area contributed by atoms with E-state index in [4.69, 9.17) is 23.8 Å². The minimum atomic E-state index is -0.340. The molecule has 0 radical (unpaired) electrons. The predicted octanol–water partition coefficient (Wildman–Crippen LogP) is 2.30. The molecule has 1 aliphatic rings. The zero-order valence-electron chi connectivity index (χ0n) is 14.5. The Balaban J connectivity index is 2.37. The smallest absolute Gasteiger partial charge is 0.310 e. The second-order valence-electron chi connectivity index (χ2n) is 5.18. The Labute approximate surface area is 141 Å². The van der Waals surface area contributed by atoms with E-state index in [1.54, 1.807) is 26.4 Å². The number of carbonyl (C=O) groups excluding carboxylic acids is 1. The van der Waals surface area contributed by atoms with Crippen LogP contribution < -0.4 is 9.47 Å². The fraction of sp³-hybridized carbons (Fsp3) is 0.529. The number of nitrogens with zero attached hydrogens (tertiary/aromatic N) is 1. The molecule has 0 saturated heterocycles. The summed E-state index contributed by atoms with van der Waals surface area (Å²) in [6, 6.07) is 3.57. The first-order valence-electron chi connectivity index (χ1n) is 7.79. The third-order valence-electron chi connectivity index (χ3n) is 3.73. The van der Waals surface area contributed by atoms with E-state index >= 15 is 0 Å². The van der Waals surface area contributed by atoms with Crippen molar-refractivity contribution in [2.75, 3.05) is 27.9 Å². The number of ether oxygens (including phenoxy) is 4. The van der Waals surface area contributed by atoms with Crippen LogP contribution in [0.1, 0.15) is 30.9 Å². The Morgan fingerprint density at radius 1 is 1.25 bits per heavy atom. The highest BCUT2D eigenvalue weighted by atomic mass is 16.8. The summed E-state index contributed by atoms with van der Waals surface area (Å²) >= 11 is 0. The van der Waals surface area contributed by atoms with Gasteiger partial charge in [-0.15, -0.1) is 0 Å². The normalized spacial score (nSPS) is 16.8. The summed E-state index contributed by atoms with van der Waals surface area (Å²) < 4.78 is 20.9. The number of esters is 1. The van der Waals surface area contributed by atoms with Crippen molar-refractivity contribution in [3.63, 3.8) is 0 Å². The molecule has 0 amide bonds. The van der Waals surface area contributed by atoms with Gasteiger partial charge in [0.2, 0.25) is 6.29 Å². The lowest BCUT2D eigenvalue weighted by Crippen LogP contribution is -2.23. The van der Waals surface area contributed by atoms with Crippen LogP contribution >= 0.6 is 0 Å². The van der Waals surface area contributed by atoms with E-state index in [9.17, 15) is 4.79 Å². The Bertz CT molecular complexity index is 613. The van der Waals surface area contributed by atoms with Crippen molar-refractivity contribution in [1.82, 2.24) is 0 Å². The van der Waals surface area contributed by atoms with Crippen molar-refractivity contribution in [1.29, 1.82) is 0 Å². The zero-order chi connectivity index (χ0) is 17.5. The quantitative estimate of drug-likeness (QED) is 0.711. The van der Waals surface area contributed by atoms with Crippen LogP contribution in [-0.2, 0) is 25.5 Å². The van der Waals surface area contributed by atoms with Gasteiger partial charge in [-0.3, -0.25) is 4.79 Å². The molecule has 132 valence electrons. The van der Waals surface area contributed by atoms with Crippen LogP contribution in [0.5, 0.6) is 11.5 Å². The van der Waals surface area contributed by atoms with Gasteiger partial charge in [0.25, 0.3) is 0 Å². The molecule has 0 spiro atoms. The number of hydrogen-bond donors (Lipinski definition) is 0. The predicted molar refractivity (Wildman–Crippen MR) is 87.5 cm³/mol. The van der Waals surface area contributed by atoms with Crippen LogP contribution in [-0.4, -0.2) is 45.9 Å². The molecule has 1 aromatic rings. The molecule has 0 saturated carbocycles. The molecule has 7 heteroatoms. The Morgan fingerprint density at radius 2 is 1.96 bits per heavy atom. The highest BCUT2D eigenvalue weighted by molar-refractivity contribution is 6.03. The summed E-state index contributed by atoms with van der Waals surface area (Å²) in [7, 11) is 4.47. The van der Waals surface area contributed by atoms with Crippen molar-refractivity contribution in [3.8, 4) is 11.5 Å². The first-order valence-corrected chi connectivity index (χ1v) is 7.79. The highest BCUT2D eigenvalue weighted by Gasteiger charge is 2.23. The van der Waals surface area contributed by atoms with Crippen molar-refractivity contribution in [2.45, 2.75) is 32.5 Å². The first-order chi connectivity index (χ1) is 11.6. The summed E-state index contributed by atoms with van der Waals surface area (Å²) in [6.07, 6.45) is 1.15. The average Bonchev–Trinajstić information content (AvgIpc) is 2.62. The summed E-state index contributed by atoms with van der Waals surface area (Å²) in [5.41, 5.74) is 2.27. The van der Waals surface area contributed by atoms with E-state index in [1.165, 1.54) is 7.11 Å². The monoisotopic (exact) mass is 337 g/mol. The van der Waals surface area contributed by atoms with Crippen LogP contribution in [0.3, 0.4) is 0 Å². The average molecular weight is 337 g/mol. The number of hydrogen-bond acceptors (Lipinski definition) is 7. The first kappa shape index (κ1) is 18.1. The molecule has 1 atom stereocenters. The number of benzene rings is 1.